The fourth-order valence-corrected chi connectivity index (χ4v) is 5.27. The van der Waals surface area contributed by atoms with Crippen LogP contribution in [0.4, 0.5) is 10.2 Å². The molecule has 3 aromatic heterocycles. The maximum atomic E-state index is 13.9. The number of aromatic amines is 1. The molecule has 164 valence electrons. The van der Waals surface area contributed by atoms with Crippen LogP contribution in [0.15, 0.2) is 54.9 Å². The first-order valence-electron chi connectivity index (χ1n) is 11.6. The van der Waals surface area contributed by atoms with Gasteiger partial charge in [-0.1, -0.05) is 37.0 Å². The fourth-order valence-electron chi connectivity index (χ4n) is 5.27. The monoisotopic (exact) mass is 437 g/mol. The second-order valence-electron chi connectivity index (χ2n) is 9.10. The van der Waals surface area contributed by atoms with Crippen molar-refractivity contribution in [2.24, 2.45) is 11.8 Å². The van der Waals surface area contributed by atoms with E-state index in [1.54, 1.807) is 6.20 Å². The summed E-state index contributed by atoms with van der Waals surface area (Å²) in [5.74, 6) is 8.78. The van der Waals surface area contributed by atoms with Crippen LogP contribution in [0, 0.1) is 29.5 Å². The molecule has 33 heavy (non-hydrogen) atoms. The molecule has 4 aromatic rings. The number of hydrogen-bond acceptors (Lipinski definition) is 4. The van der Waals surface area contributed by atoms with Crippen molar-refractivity contribution in [2.45, 2.75) is 38.1 Å². The topological polar surface area (TPSA) is 66.5 Å². The van der Waals surface area contributed by atoms with Crippen molar-refractivity contribution in [3.63, 3.8) is 0 Å². The number of hydrogen-bond donors (Lipinski definition) is 2. The highest BCUT2D eigenvalue weighted by atomic mass is 19.1. The van der Waals surface area contributed by atoms with E-state index in [9.17, 15) is 4.39 Å². The van der Waals surface area contributed by atoms with Crippen molar-refractivity contribution in [1.29, 1.82) is 0 Å². The fraction of sp³-hybridized carbons (Fsp3) is 0.296. The number of H-pyrrole nitrogens is 1. The Bertz CT molecular complexity index is 1360. The van der Waals surface area contributed by atoms with E-state index in [4.69, 9.17) is 9.97 Å². The van der Waals surface area contributed by atoms with E-state index in [2.05, 4.69) is 27.1 Å². The average molecular weight is 438 g/mol. The van der Waals surface area contributed by atoms with Gasteiger partial charge in [0.2, 0.25) is 0 Å². The molecule has 0 amide bonds. The van der Waals surface area contributed by atoms with Crippen LogP contribution in [-0.4, -0.2) is 26.0 Å². The van der Waals surface area contributed by atoms with Gasteiger partial charge in [-0.15, -0.1) is 0 Å². The van der Waals surface area contributed by atoms with Crippen molar-refractivity contribution in [2.75, 3.05) is 5.32 Å². The molecule has 0 aliphatic heterocycles. The zero-order valence-corrected chi connectivity index (χ0v) is 18.2. The lowest BCUT2D eigenvalue weighted by Crippen LogP contribution is -2.40. The maximum Gasteiger partial charge on any atom is 0.165 e. The van der Waals surface area contributed by atoms with Crippen LogP contribution < -0.4 is 5.32 Å². The van der Waals surface area contributed by atoms with E-state index in [-0.39, 0.29) is 5.82 Å². The molecule has 2 bridgehead atoms. The molecule has 6 heteroatoms. The molecule has 5 nitrogen and oxygen atoms in total. The number of halogens is 1. The van der Waals surface area contributed by atoms with Crippen molar-refractivity contribution in [3.8, 4) is 23.2 Å². The largest absolute Gasteiger partial charge is 0.367 e. The van der Waals surface area contributed by atoms with Crippen LogP contribution in [0.3, 0.4) is 0 Å². The molecule has 3 fully saturated rings. The number of anilines is 1. The standard InChI is InChI=1S/C27H24FN5/c28-20-13-22-23(16-30-26(22)29-15-20)27-31-21(11-8-17-4-2-1-3-5-17)14-25(33-27)32-24-12-18-6-9-19(24)10-7-18/h1-5,13-16,18-19,24H,6-7,9-10,12H2,(H,29,30)(H,31,32,33). The Kier molecular flexibility index (Phi) is 5.03. The highest BCUT2D eigenvalue weighted by Gasteiger charge is 2.35. The number of benzene rings is 1. The minimum atomic E-state index is -0.389. The molecular weight excluding hydrogens is 413 g/mol. The van der Waals surface area contributed by atoms with Crippen LogP contribution in [0.5, 0.6) is 0 Å². The SMILES string of the molecule is Fc1cnc2[nH]cc(-c3nc(C#Cc4ccccc4)cc(NC4CC5CCC4CC5)n3)c2c1. The van der Waals surface area contributed by atoms with Crippen molar-refractivity contribution in [1.82, 2.24) is 19.9 Å². The summed E-state index contributed by atoms with van der Waals surface area (Å²) < 4.78 is 13.9. The average Bonchev–Trinajstić information content (AvgIpc) is 3.27. The molecule has 3 saturated carbocycles. The number of nitrogens with one attached hydrogen (secondary N) is 2. The van der Waals surface area contributed by atoms with E-state index in [0.29, 0.717) is 40.1 Å². The first kappa shape index (κ1) is 19.9. The number of nitrogens with zero attached hydrogens (tertiary/aromatic N) is 3. The van der Waals surface area contributed by atoms with Gasteiger partial charge in [0.25, 0.3) is 0 Å². The molecule has 3 heterocycles. The molecule has 0 radical (unpaired) electrons. The molecule has 1 unspecified atom stereocenters. The Morgan fingerprint density at radius 2 is 1.85 bits per heavy atom. The molecule has 1 aromatic carbocycles. The summed E-state index contributed by atoms with van der Waals surface area (Å²) in [7, 11) is 0. The zero-order valence-electron chi connectivity index (χ0n) is 18.2. The summed E-state index contributed by atoms with van der Waals surface area (Å²) in [6, 6.07) is 13.7. The number of aromatic nitrogens is 4. The van der Waals surface area contributed by atoms with Gasteiger partial charge in [-0.25, -0.2) is 19.3 Å². The van der Waals surface area contributed by atoms with Gasteiger partial charge in [0, 0.05) is 34.8 Å². The Labute approximate surface area is 191 Å². The molecule has 0 spiro atoms. The van der Waals surface area contributed by atoms with Crippen LogP contribution in [0.25, 0.3) is 22.4 Å². The van der Waals surface area contributed by atoms with E-state index < -0.39 is 0 Å². The maximum absolute atomic E-state index is 13.9. The van der Waals surface area contributed by atoms with Crippen LogP contribution >= 0.6 is 0 Å². The zero-order chi connectivity index (χ0) is 22.2. The van der Waals surface area contributed by atoms with Gasteiger partial charge < -0.3 is 10.3 Å². The first-order chi connectivity index (χ1) is 16.2. The van der Waals surface area contributed by atoms with Crippen molar-refractivity contribution in [3.05, 3.63) is 71.9 Å². The molecule has 3 aliphatic carbocycles. The van der Waals surface area contributed by atoms with Gasteiger partial charge >= 0.3 is 0 Å². The van der Waals surface area contributed by atoms with Crippen LogP contribution in [0.1, 0.15) is 43.4 Å². The van der Waals surface area contributed by atoms with Gasteiger partial charge in [0.1, 0.15) is 23.0 Å². The van der Waals surface area contributed by atoms with Gasteiger partial charge in [-0.05, 0) is 55.2 Å². The van der Waals surface area contributed by atoms with Gasteiger partial charge in [0.05, 0.1) is 6.20 Å². The normalized spacial score (nSPS) is 21.5. The van der Waals surface area contributed by atoms with E-state index in [1.807, 2.05) is 36.4 Å². The van der Waals surface area contributed by atoms with Crippen molar-refractivity contribution < 1.29 is 4.39 Å². The Morgan fingerprint density at radius 1 is 1.00 bits per heavy atom. The lowest BCUT2D eigenvalue weighted by molar-refractivity contribution is 0.157. The van der Waals surface area contributed by atoms with Crippen LogP contribution in [0.2, 0.25) is 0 Å². The van der Waals surface area contributed by atoms with Gasteiger partial charge in [-0.3, -0.25) is 0 Å². The highest BCUT2D eigenvalue weighted by molar-refractivity contribution is 5.91. The Balaban J connectivity index is 1.41. The lowest BCUT2D eigenvalue weighted by atomic mass is 9.68. The van der Waals surface area contributed by atoms with Crippen LogP contribution in [-0.2, 0) is 0 Å². The predicted molar refractivity (Wildman–Crippen MR) is 127 cm³/mol. The van der Waals surface area contributed by atoms with E-state index in [1.165, 1.54) is 44.4 Å². The van der Waals surface area contributed by atoms with Gasteiger partial charge in [-0.2, -0.15) is 0 Å². The van der Waals surface area contributed by atoms with Gasteiger partial charge in [0.15, 0.2) is 5.82 Å². The number of fused-ring (bicyclic) bond motifs is 4. The summed E-state index contributed by atoms with van der Waals surface area (Å²) in [5, 5.41) is 4.35. The minimum Gasteiger partial charge on any atom is -0.367 e. The number of rotatable bonds is 3. The number of pyridine rings is 1. The van der Waals surface area contributed by atoms with E-state index >= 15 is 0 Å². The molecule has 0 saturated heterocycles. The third-order valence-corrected chi connectivity index (χ3v) is 6.95. The molecule has 1 atom stereocenters. The summed E-state index contributed by atoms with van der Waals surface area (Å²) >= 11 is 0. The van der Waals surface area contributed by atoms with E-state index in [0.717, 1.165) is 17.3 Å². The second kappa shape index (κ2) is 8.32. The molecule has 3 aliphatic rings. The molecular formula is C27H24FN5. The molecule has 7 rings (SSSR count). The lowest BCUT2D eigenvalue weighted by Gasteiger charge is -2.42. The third-order valence-electron chi connectivity index (χ3n) is 6.95. The smallest absolute Gasteiger partial charge is 0.165 e. The van der Waals surface area contributed by atoms with Crippen molar-refractivity contribution >= 4 is 16.9 Å². The Hall–Kier alpha value is -3.72. The predicted octanol–water partition coefficient (Wildman–Crippen LogP) is 5.55. The summed E-state index contributed by atoms with van der Waals surface area (Å²) in [5.41, 5.74) is 2.88. The summed E-state index contributed by atoms with van der Waals surface area (Å²) in [6.45, 7) is 0. The minimum absolute atomic E-state index is 0.389. The summed E-state index contributed by atoms with van der Waals surface area (Å²) in [4.78, 5) is 16.8. The quantitative estimate of drug-likeness (QED) is 0.413. The molecule has 2 N–H and O–H groups in total. The Morgan fingerprint density at radius 3 is 2.64 bits per heavy atom. The first-order valence-corrected chi connectivity index (χ1v) is 11.6. The highest BCUT2D eigenvalue weighted by Crippen LogP contribution is 2.42. The second-order valence-corrected chi connectivity index (χ2v) is 9.10. The third kappa shape index (κ3) is 4.07. The summed E-state index contributed by atoms with van der Waals surface area (Å²) in [6.07, 6.45) is 9.45.